The summed E-state index contributed by atoms with van der Waals surface area (Å²) in [6.07, 6.45) is -2.36. The van der Waals surface area contributed by atoms with Gasteiger partial charge in [0.1, 0.15) is 41.0 Å². The molecule has 2 N–H and O–H groups in total. The van der Waals surface area contributed by atoms with E-state index in [1.54, 1.807) is 16.8 Å². The molecule has 9 nitrogen and oxygen atoms in total. The van der Waals surface area contributed by atoms with E-state index in [1.807, 2.05) is 17.9 Å². The molecule has 0 saturated carbocycles. The molecule has 52 heavy (non-hydrogen) atoms. The first kappa shape index (κ1) is 35.8. The Balaban J connectivity index is 1.45. The average Bonchev–Trinajstić information content (AvgIpc) is 3.87. The van der Waals surface area contributed by atoms with Gasteiger partial charge in [-0.25, -0.2) is 13.2 Å². The molecule has 3 saturated heterocycles. The third kappa shape index (κ3) is 5.69. The number of alkyl halides is 4. The fourth-order valence-corrected chi connectivity index (χ4v) is 9.45. The van der Waals surface area contributed by atoms with Gasteiger partial charge in [0.15, 0.2) is 5.82 Å². The predicted molar refractivity (Wildman–Crippen MR) is 186 cm³/mol. The molecular weight excluding hydrogens is 708 g/mol. The van der Waals surface area contributed by atoms with Crippen molar-refractivity contribution in [3.8, 4) is 23.2 Å². The van der Waals surface area contributed by atoms with E-state index >= 15 is 17.6 Å². The lowest BCUT2D eigenvalue weighted by atomic mass is 9.92. The lowest BCUT2D eigenvalue weighted by Gasteiger charge is -2.34. The molecule has 2 aromatic carbocycles. The number of likely N-dealkylation sites (N-methyl/N-ethyl adjacent to an activating group) is 1. The monoisotopic (exact) mass is 743 g/mol. The van der Waals surface area contributed by atoms with Crippen molar-refractivity contribution < 1.29 is 35.9 Å². The number of ether oxygens (including phenoxy) is 1. The minimum Gasteiger partial charge on any atom is -0.461 e. The van der Waals surface area contributed by atoms with Crippen molar-refractivity contribution in [2.75, 3.05) is 43.9 Å². The van der Waals surface area contributed by atoms with Crippen LogP contribution in [0.5, 0.6) is 6.01 Å². The van der Waals surface area contributed by atoms with Gasteiger partial charge in [-0.1, -0.05) is 19.6 Å². The molecule has 0 unspecified atom stereocenters. The van der Waals surface area contributed by atoms with Crippen molar-refractivity contribution in [1.29, 1.82) is 5.26 Å². The molecular formula is C36H35F6N7O2S. The number of hydrogen-bond donors (Lipinski definition) is 1. The van der Waals surface area contributed by atoms with Gasteiger partial charge in [-0.15, -0.1) is 11.3 Å². The van der Waals surface area contributed by atoms with Gasteiger partial charge in [0, 0.05) is 42.9 Å². The number of benzene rings is 2. The summed E-state index contributed by atoms with van der Waals surface area (Å²) in [5.41, 5.74) is 1.83. The Kier molecular flexibility index (Phi) is 9.01. The number of anilines is 2. The Morgan fingerprint density at radius 3 is 2.75 bits per heavy atom. The van der Waals surface area contributed by atoms with Crippen molar-refractivity contribution in [2.24, 2.45) is 0 Å². The molecule has 3 fully saturated rings. The van der Waals surface area contributed by atoms with Crippen LogP contribution in [0.25, 0.3) is 32.1 Å². The number of aromatic nitrogens is 2. The zero-order chi connectivity index (χ0) is 37.3. The SMILES string of the molecule is C=CC(=O)N1CC[C@@H](N(C)c2nc(OC[C@@]34CCCN3C[C@H](F)C4)nc3c(F)c(-c4ccc(F)c5sc(N)c(C#N)c45)c(C(F)(F)F)cc23)[C@@H]1CC. The predicted octanol–water partition coefficient (Wildman–Crippen LogP) is 7.22. The summed E-state index contributed by atoms with van der Waals surface area (Å²) in [7, 11) is 1.61. The quantitative estimate of drug-likeness (QED) is 0.149. The van der Waals surface area contributed by atoms with Crippen LogP contribution < -0.4 is 15.4 Å². The van der Waals surface area contributed by atoms with E-state index in [4.69, 9.17) is 10.5 Å². The first-order valence-corrected chi connectivity index (χ1v) is 17.7. The maximum absolute atomic E-state index is 17.2. The molecule has 0 radical (unpaired) electrons. The minimum absolute atomic E-state index is 0.0296. The molecule has 2 aromatic heterocycles. The highest BCUT2D eigenvalue weighted by molar-refractivity contribution is 7.23. The van der Waals surface area contributed by atoms with Crippen LogP contribution in [0.15, 0.2) is 30.9 Å². The van der Waals surface area contributed by atoms with Crippen molar-refractivity contribution in [2.45, 2.75) is 69.0 Å². The molecule has 3 aliphatic heterocycles. The highest BCUT2D eigenvalue weighted by Gasteiger charge is 2.49. The van der Waals surface area contributed by atoms with Crippen LogP contribution in [0.3, 0.4) is 0 Å². The fourth-order valence-electron chi connectivity index (χ4n) is 8.50. The van der Waals surface area contributed by atoms with Gasteiger partial charge in [0.25, 0.3) is 0 Å². The van der Waals surface area contributed by atoms with E-state index in [0.717, 1.165) is 24.6 Å². The number of carbonyl (C=O) groups is 1. The van der Waals surface area contributed by atoms with E-state index in [1.165, 1.54) is 6.08 Å². The molecule has 0 aliphatic carbocycles. The number of thiophene rings is 1. The zero-order valence-corrected chi connectivity index (χ0v) is 29.2. The third-order valence-electron chi connectivity index (χ3n) is 10.8. The lowest BCUT2D eigenvalue weighted by Crippen LogP contribution is -2.45. The second kappa shape index (κ2) is 13.1. The molecule has 7 rings (SSSR count). The van der Waals surface area contributed by atoms with Crippen LogP contribution in [0.2, 0.25) is 0 Å². The third-order valence-corrected chi connectivity index (χ3v) is 11.9. The van der Waals surface area contributed by atoms with Crippen LogP contribution in [-0.4, -0.2) is 82.8 Å². The minimum atomic E-state index is -5.13. The summed E-state index contributed by atoms with van der Waals surface area (Å²) < 4.78 is 97.9. The van der Waals surface area contributed by atoms with Gasteiger partial charge in [0.2, 0.25) is 5.91 Å². The average molecular weight is 744 g/mol. The van der Waals surface area contributed by atoms with Gasteiger partial charge in [-0.05, 0) is 56.0 Å². The van der Waals surface area contributed by atoms with E-state index in [2.05, 4.69) is 16.5 Å². The Morgan fingerprint density at radius 2 is 2.06 bits per heavy atom. The fraction of sp³-hybridized carbons (Fsp3) is 0.444. The van der Waals surface area contributed by atoms with E-state index in [0.29, 0.717) is 43.7 Å². The van der Waals surface area contributed by atoms with Crippen LogP contribution in [-0.2, 0) is 11.0 Å². The van der Waals surface area contributed by atoms with E-state index in [9.17, 15) is 18.8 Å². The van der Waals surface area contributed by atoms with Gasteiger partial charge >= 0.3 is 12.2 Å². The Hall–Kier alpha value is -4.62. The molecule has 3 aliphatic rings. The number of amides is 1. The Labute approximate surface area is 299 Å². The number of nitrogens with zero attached hydrogens (tertiary/aromatic N) is 6. The number of fused-ring (bicyclic) bond motifs is 3. The zero-order valence-electron chi connectivity index (χ0n) is 28.4. The largest absolute Gasteiger partial charge is 0.461 e. The van der Waals surface area contributed by atoms with E-state index < -0.39 is 52.2 Å². The van der Waals surface area contributed by atoms with Gasteiger partial charge in [0.05, 0.1) is 33.4 Å². The van der Waals surface area contributed by atoms with Crippen molar-refractivity contribution in [3.05, 3.63) is 53.6 Å². The number of nitriles is 1. The number of carbonyl (C=O) groups excluding carboxylic acids is 1. The van der Waals surface area contributed by atoms with Gasteiger partial charge in [-0.3, -0.25) is 9.69 Å². The van der Waals surface area contributed by atoms with Crippen molar-refractivity contribution in [3.63, 3.8) is 0 Å². The van der Waals surface area contributed by atoms with Crippen molar-refractivity contribution in [1.82, 2.24) is 19.8 Å². The van der Waals surface area contributed by atoms with Crippen LogP contribution in [0, 0.1) is 23.0 Å². The molecule has 274 valence electrons. The Morgan fingerprint density at radius 1 is 1.29 bits per heavy atom. The second-order valence-corrected chi connectivity index (χ2v) is 14.7. The Bertz CT molecular complexity index is 2150. The van der Waals surface area contributed by atoms with Crippen molar-refractivity contribution >= 4 is 49.1 Å². The molecule has 5 heterocycles. The molecule has 1 amide bonds. The number of hydrogen-bond acceptors (Lipinski definition) is 9. The number of likely N-dealkylation sites (tertiary alicyclic amines) is 1. The first-order chi connectivity index (χ1) is 24.7. The summed E-state index contributed by atoms with van der Waals surface area (Å²) in [5, 5.41) is 9.20. The molecule has 0 bridgehead atoms. The standard InChI is InChI=1S/C36H35F6N7O2S/c1-4-24-25(9-12-49(24)26(50)5-2)47(3)33-20-13-22(36(40,41)42)28(19-7-8-23(38)31-27(19)21(15-43)32(44)52-31)29(39)30(20)45-34(46-33)51-17-35-10-6-11-48(35)16-18(37)14-35/h5,7-8,13,18,24-25H,2,4,6,9-12,14,16-17,44H2,1,3H3/t18-,24+,25-,35+/m1/s1. The molecule has 16 heteroatoms. The summed E-state index contributed by atoms with van der Waals surface area (Å²) >= 11 is 0.676. The summed E-state index contributed by atoms with van der Waals surface area (Å²) in [4.78, 5) is 26.9. The topological polar surface area (TPSA) is 112 Å². The smallest absolute Gasteiger partial charge is 0.417 e. The number of rotatable bonds is 8. The normalized spacial score (nSPS) is 23.4. The molecule has 4 aromatic rings. The lowest BCUT2D eigenvalue weighted by molar-refractivity contribution is -0.137. The number of nitrogens with two attached hydrogens (primary N) is 1. The van der Waals surface area contributed by atoms with Crippen LogP contribution in [0.1, 0.15) is 50.2 Å². The van der Waals surface area contributed by atoms with Crippen LogP contribution >= 0.6 is 11.3 Å². The second-order valence-electron chi connectivity index (χ2n) is 13.6. The summed E-state index contributed by atoms with van der Waals surface area (Å²) in [6, 6.07) is 3.34. The van der Waals surface area contributed by atoms with E-state index in [-0.39, 0.29) is 75.0 Å². The summed E-state index contributed by atoms with van der Waals surface area (Å²) in [5.74, 6) is -2.58. The van der Waals surface area contributed by atoms with Gasteiger partial charge in [-0.2, -0.15) is 28.4 Å². The molecule has 4 atom stereocenters. The maximum atomic E-state index is 17.2. The number of halogens is 6. The van der Waals surface area contributed by atoms with Gasteiger partial charge < -0.3 is 20.3 Å². The summed E-state index contributed by atoms with van der Waals surface area (Å²) in [6.45, 7) is 6.71. The number of nitrogen functional groups attached to an aromatic ring is 1. The highest BCUT2D eigenvalue weighted by atomic mass is 32.1. The first-order valence-electron chi connectivity index (χ1n) is 16.9. The highest BCUT2D eigenvalue weighted by Crippen LogP contribution is 2.48. The maximum Gasteiger partial charge on any atom is 0.417 e. The molecule has 0 spiro atoms. The van der Waals surface area contributed by atoms with Crippen LogP contribution in [0.4, 0.5) is 37.2 Å².